The maximum Gasteiger partial charge on any atom is 0.131 e. The van der Waals surface area contributed by atoms with Gasteiger partial charge in [-0.2, -0.15) is 0 Å². The predicted octanol–water partition coefficient (Wildman–Crippen LogP) is 6.21. The molecule has 0 aromatic heterocycles. The Morgan fingerprint density at radius 1 is 0.913 bits per heavy atom. The van der Waals surface area contributed by atoms with Crippen LogP contribution in [0.3, 0.4) is 0 Å². The molecule has 0 saturated heterocycles. The number of hydrogen-bond acceptors (Lipinski definition) is 1. The molecule has 1 heteroatoms. The summed E-state index contributed by atoms with van der Waals surface area (Å²) in [7, 11) is 0. The lowest BCUT2D eigenvalue weighted by Gasteiger charge is -2.07. The molecule has 23 heavy (non-hydrogen) atoms. The summed E-state index contributed by atoms with van der Waals surface area (Å²) in [5.41, 5.74) is 1.96. The van der Waals surface area contributed by atoms with Crippen molar-refractivity contribution < 1.29 is 5.11 Å². The number of unbranched alkanes of at least 4 members (excludes halogenated alkanes) is 7. The number of aryl methyl sites for hydroxylation is 1. The van der Waals surface area contributed by atoms with Crippen molar-refractivity contribution >= 4 is 10.8 Å². The van der Waals surface area contributed by atoms with E-state index in [1.807, 2.05) is 12.1 Å². The fourth-order valence-electron chi connectivity index (χ4n) is 3.14. The summed E-state index contributed by atoms with van der Waals surface area (Å²) in [6, 6.07) is 10.0. The Balaban J connectivity index is 1.83. The van der Waals surface area contributed by atoms with E-state index >= 15 is 0 Å². The highest BCUT2D eigenvalue weighted by molar-refractivity contribution is 5.90. The van der Waals surface area contributed by atoms with Gasteiger partial charge >= 0.3 is 0 Å². The summed E-state index contributed by atoms with van der Waals surface area (Å²) < 4.78 is 0. The van der Waals surface area contributed by atoms with E-state index in [2.05, 4.69) is 25.0 Å². The quantitative estimate of drug-likeness (QED) is 0.431. The monoisotopic (exact) mass is 308 g/mol. The van der Waals surface area contributed by atoms with Crippen molar-refractivity contribution in [3.8, 4) is 18.1 Å². The van der Waals surface area contributed by atoms with Crippen molar-refractivity contribution in [2.24, 2.45) is 0 Å². The first-order valence-electron chi connectivity index (χ1n) is 8.97. The molecule has 2 aromatic rings. The summed E-state index contributed by atoms with van der Waals surface area (Å²) in [6.07, 6.45) is 17.4. The van der Waals surface area contributed by atoms with Gasteiger partial charge in [-0.25, -0.2) is 0 Å². The average Bonchev–Trinajstić information content (AvgIpc) is 2.57. The first-order chi connectivity index (χ1) is 11.3. The second-order valence-electron chi connectivity index (χ2n) is 6.38. The third-order valence-corrected chi connectivity index (χ3v) is 4.53. The number of hydrogen-bond donors (Lipinski definition) is 1. The van der Waals surface area contributed by atoms with Gasteiger partial charge in [0.1, 0.15) is 5.75 Å². The molecule has 0 spiro atoms. The molecule has 0 aliphatic carbocycles. The molecule has 0 atom stereocenters. The van der Waals surface area contributed by atoms with Crippen LogP contribution < -0.4 is 0 Å². The van der Waals surface area contributed by atoms with Crippen LogP contribution in [0.15, 0.2) is 30.3 Å². The van der Waals surface area contributed by atoms with Crippen molar-refractivity contribution in [2.75, 3.05) is 0 Å². The van der Waals surface area contributed by atoms with E-state index in [0.717, 1.165) is 17.2 Å². The molecule has 0 aliphatic heterocycles. The minimum Gasteiger partial charge on any atom is -0.507 e. The molecule has 0 heterocycles. The maximum absolute atomic E-state index is 9.81. The Labute approximate surface area is 140 Å². The molecule has 0 fully saturated rings. The number of benzene rings is 2. The molecule has 0 aliphatic rings. The van der Waals surface area contributed by atoms with E-state index in [9.17, 15) is 5.11 Å². The van der Waals surface area contributed by atoms with Gasteiger partial charge in [-0.3, -0.25) is 0 Å². The lowest BCUT2D eigenvalue weighted by Crippen LogP contribution is -1.88. The topological polar surface area (TPSA) is 20.2 Å². The highest BCUT2D eigenvalue weighted by Gasteiger charge is 2.05. The Morgan fingerprint density at radius 2 is 1.61 bits per heavy atom. The number of fused-ring (bicyclic) bond motifs is 1. The van der Waals surface area contributed by atoms with Gasteiger partial charge in [0.05, 0.1) is 5.56 Å². The van der Waals surface area contributed by atoms with Crippen molar-refractivity contribution in [3.05, 3.63) is 41.5 Å². The summed E-state index contributed by atoms with van der Waals surface area (Å²) >= 11 is 0. The van der Waals surface area contributed by atoms with E-state index in [1.165, 1.54) is 56.9 Å². The lowest BCUT2D eigenvalue weighted by atomic mass is 9.98. The summed E-state index contributed by atoms with van der Waals surface area (Å²) in [6.45, 7) is 2.26. The Bertz CT molecular complexity index is 663. The first-order valence-corrected chi connectivity index (χ1v) is 8.97. The SMILES string of the molecule is C#Cc1c(O)ccc2cc(CCCCCCCCCC)ccc12. The number of phenols is 1. The van der Waals surface area contributed by atoms with Gasteiger partial charge in [-0.05, 0) is 29.9 Å². The van der Waals surface area contributed by atoms with Gasteiger partial charge in [-0.15, -0.1) is 6.42 Å². The Morgan fingerprint density at radius 3 is 2.30 bits per heavy atom. The van der Waals surface area contributed by atoms with E-state index in [1.54, 1.807) is 6.07 Å². The molecule has 2 rings (SSSR count). The predicted molar refractivity (Wildman–Crippen MR) is 99.9 cm³/mol. The van der Waals surface area contributed by atoms with E-state index in [4.69, 9.17) is 6.42 Å². The van der Waals surface area contributed by atoms with Crippen LogP contribution in [0.2, 0.25) is 0 Å². The number of terminal acetylenes is 1. The Kier molecular flexibility index (Phi) is 7.01. The van der Waals surface area contributed by atoms with Crippen molar-refractivity contribution in [3.63, 3.8) is 0 Å². The third-order valence-electron chi connectivity index (χ3n) is 4.53. The summed E-state index contributed by atoms with van der Waals surface area (Å²) in [4.78, 5) is 0. The molecule has 2 aromatic carbocycles. The van der Waals surface area contributed by atoms with Crippen LogP contribution in [0.5, 0.6) is 5.75 Å². The van der Waals surface area contributed by atoms with Gasteiger partial charge in [-0.1, -0.05) is 82.1 Å². The number of rotatable bonds is 9. The number of aromatic hydroxyl groups is 1. The zero-order chi connectivity index (χ0) is 16.5. The van der Waals surface area contributed by atoms with Gasteiger partial charge in [0.2, 0.25) is 0 Å². The van der Waals surface area contributed by atoms with Crippen LogP contribution in [0.25, 0.3) is 10.8 Å². The molecular formula is C22H28O. The highest BCUT2D eigenvalue weighted by Crippen LogP contribution is 2.27. The van der Waals surface area contributed by atoms with E-state index in [-0.39, 0.29) is 5.75 Å². The van der Waals surface area contributed by atoms with Crippen molar-refractivity contribution in [2.45, 2.75) is 64.7 Å². The fourth-order valence-corrected chi connectivity index (χ4v) is 3.14. The van der Waals surface area contributed by atoms with Crippen LogP contribution in [-0.4, -0.2) is 5.11 Å². The third kappa shape index (κ3) is 5.03. The van der Waals surface area contributed by atoms with E-state index < -0.39 is 0 Å². The first kappa shape index (κ1) is 17.4. The minimum absolute atomic E-state index is 0.191. The minimum atomic E-state index is 0.191. The fraction of sp³-hybridized carbons (Fsp3) is 0.455. The molecule has 0 amide bonds. The highest BCUT2D eigenvalue weighted by atomic mass is 16.3. The normalized spacial score (nSPS) is 10.8. The van der Waals surface area contributed by atoms with Gasteiger partial charge in [0.25, 0.3) is 0 Å². The van der Waals surface area contributed by atoms with Crippen LogP contribution in [0, 0.1) is 12.3 Å². The molecule has 0 bridgehead atoms. The standard InChI is InChI=1S/C22H28O/c1-3-5-6-7-8-9-10-11-12-18-13-15-21-19(17-18)14-16-22(23)20(21)4-2/h2,13-17,23H,3,5-12H2,1H3. The maximum atomic E-state index is 9.81. The second kappa shape index (κ2) is 9.26. The van der Waals surface area contributed by atoms with Crippen LogP contribution in [0.1, 0.15) is 69.4 Å². The summed E-state index contributed by atoms with van der Waals surface area (Å²) in [5.74, 6) is 2.78. The van der Waals surface area contributed by atoms with E-state index in [0.29, 0.717) is 5.56 Å². The Hall–Kier alpha value is -1.94. The van der Waals surface area contributed by atoms with Crippen molar-refractivity contribution in [1.82, 2.24) is 0 Å². The van der Waals surface area contributed by atoms with Crippen LogP contribution in [0.4, 0.5) is 0 Å². The molecule has 1 N–H and O–H groups in total. The smallest absolute Gasteiger partial charge is 0.131 e. The molecular weight excluding hydrogens is 280 g/mol. The lowest BCUT2D eigenvalue weighted by molar-refractivity contribution is 0.474. The zero-order valence-electron chi connectivity index (χ0n) is 14.3. The molecule has 0 radical (unpaired) electrons. The molecule has 1 nitrogen and oxygen atoms in total. The van der Waals surface area contributed by atoms with Crippen LogP contribution in [-0.2, 0) is 6.42 Å². The summed E-state index contributed by atoms with van der Waals surface area (Å²) in [5, 5.41) is 11.9. The van der Waals surface area contributed by atoms with Crippen molar-refractivity contribution in [1.29, 1.82) is 0 Å². The van der Waals surface area contributed by atoms with Gasteiger partial charge < -0.3 is 5.11 Å². The van der Waals surface area contributed by atoms with Gasteiger partial charge in [0, 0.05) is 5.39 Å². The average molecular weight is 308 g/mol. The number of phenolic OH excluding ortho intramolecular Hbond substituents is 1. The van der Waals surface area contributed by atoms with Gasteiger partial charge in [0.15, 0.2) is 0 Å². The molecule has 0 saturated carbocycles. The second-order valence-corrected chi connectivity index (χ2v) is 6.38. The van der Waals surface area contributed by atoms with Crippen LogP contribution >= 0.6 is 0 Å². The largest absolute Gasteiger partial charge is 0.507 e. The molecule has 0 unspecified atom stereocenters. The zero-order valence-corrected chi connectivity index (χ0v) is 14.3. The molecule has 122 valence electrons.